The van der Waals surface area contributed by atoms with Gasteiger partial charge in [-0.15, -0.1) is 10.2 Å². The SMILES string of the molecule is O=C1NC2CCC(c3c(Cl)ccc(-c4nnco4)c3Cl)CC2N1. The molecule has 1 saturated heterocycles. The van der Waals surface area contributed by atoms with Crippen LogP contribution in [0.25, 0.3) is 11.5 Å². The number of benzene rings is 1. The van der Waals surface area contributed by atoms with Crippen LogP contribution in [0.1, 0.15) is 30.7 Å². The molecule has 120 valence electrons. The summed E-state index contributed by atoms with van der Waals surface area (Å²) in [5.74, 6) is 0.553. The van der Waals surface area contributed by atoms with Crippen molar-refractivity contribution in [2.75, 3.05) is 0 Å². The molecule has 1 saturated carbocycles. The average molecular weight is 353 g/mol. The Hall–Kier alpha value is -1.79. The molecule has 0 spiro atoms. The molecule has 0 radical (unpaired) electrons. The molecule has 1 aliphatic carbocycles. The first-order valence-corrected chi connectivity index (χ1v) is 8.20. The van der Waals surface area contributed by atoms with Crippen LogP contribution in [0.5, 0.6) is 0 Å². The molecule has 8 heteroatoms. The number of fused-ring (bicyclic) bond motifs is 1. The lowest BCUT2D eigenvalue weighted by molar-refractivity contribution is 0.247. The van der Waals surface area contributed by atoms with Crippen LogP contribution in [-0.2, 0) is 0 Å². The van der Waals surface area contributed by atoms with Crippen molar-refractivity contribution in [3.8, 4) is 11.5 Å². The molecule has 2 aromatic rings. The third-order valence-electron chi connectivity index (χ3n) is 4.61. The number of nitrogens with zero attached hydrogens (tertiary/aromatic N) is 2. The van der Waals surface area contributed by atoms with E-state index in [4.69, 9.17) is 27.6 Å². The molecule has 2 aliphatic rings. The maximum atomic E-state index is 11.5. The Kier molecular flexibility index (Phi) is 3.66. The van der Waals surface area contributed by atoms with Crippen molar-refractivity contribution in [1.82, 2.24) is 20.8 Å². The number of urea groups is 1. The molecule has 2 amide bonds. The van der Waals surface area contributed by atoms with Gasteiger partial charge in [0.1, 0.15) is 0 Å². The van der Waals surface area contributed by atoms with Crippen LogP contribution < -0.4 is 10.6 Å². The minimum absolute atomic E-state index is 0.0996. The van der Waals surface area contributed by atoms with Crippen LogP contribution in [0, 0.1) is 0 Å². The molecule has 3 unspecified atom stereocenters. The molecular weight excluding hydrogens is 339 g/mol. The molecule has 6 nitrogen and oxygen atoms in total. The van der Waals surface area contributed by atoms with E-state index in [1.54, 1.807) is 12.1 Å². The summed E-state index contributed by atoms with van der Waals surface area (Å²) in [4.78, 5) is 11.5. The minimum Gasteiger partial charge on any atom is -0.423 e. The molecule has 2 fully saturated rings. The maximum Gasteiger partial charge on any atom is 0.315 e. The highest BCUT2D eigenvalue weighted by molar-refractivity contribution is 6.37. The van der Waals surface area contributed by atoms with E-state index in [1.165, 1.54) is 6.39 Å². The summed E-state index contributed by atoms with van der Waals surface area (Å²) in [6, 6.07) is 3.79. The first-order valence-electron chi connectivity index (χ1n) is 7.45. The normalized spacial score (nSPS) is 26.5. The number of amides is 2. The van der Waals surface area contributed by atoms with Gasteiger partial charge in [0, 0.05) is 5.02 Å². The number of nitrogens with one attached hydrogen (secondary N) is 2. The van der Waals surface area contributed by atoms with Crippen LogP contribution in [0.4, 0.5) is 4.79 Å². The Bertz CT molecular complexity index is 750. The van der Waals surface area contributed by atoms with Crippen molar-refractivity contribution in [2.45, 2.75) is 37.3 Å². The van der Waals surface area contributed by atoms with Gasteiger partial charge in [-0.3, -0.25) is 0 Å². The Morgan fingerprint density at radius 1 is 1.17 bits per heavy atom. The van der Waals surface area contributed by atoms with E-state index in [9.17, 15) is 4.79 Å². The lowest BCUT2D eigenvalue weighted by atomic mass is 9.79. The highest BCUT2D eigenvalue weighted by atomic mass is 35.5. The van der Waals surface area contributed by atoms with Crippen molar-refractivity contribution < 1.29 is 9.21 Å². The van der Waals surface area contributed by atoms with Gasteiger partial charge in [0.15, 0.2) is 0 Å². The van der Waals surface area contributed by atoms with E-state index < -0.39 is 0 Å². The van der Waals surface area contributed by atoms with Crippen LogP contribution >= 0.6 is 23.2 Å². The molecular formula is C15H14Cl2N4O2. The van der Waals surface area contributed by atoms with Gasteiger partial charge >= 0.3 is 6.03 Å². The third-order valence-corrected chi connectivity index (χ3v) is 5.35. The van der Waals surface area contributed by atoms with Crippen molar-refractivity contribution in [3.63, 3.8) is 0 Å². The van der Waals surface area contributed by atoms with E-state index in [0.29, 0.717) is 21.5 Å². The van der Waals surface area contributed by atoms with Gasteiger partial charge in [-0.25, -0.2) is 4.79 Å². The first-order chi connectivity index (χ1) is 11.1. The summed E-state index contributed by atoms with van der Waals surface area (Å²) >= 11 is 13.0. The number of hydrogen-bond donors (Lipinski definition) is 2. The van der Waals surface area contributed by atoms with E-state index in [0.717, 1.165) is 24.8 Å². The van der Waals surface area contributed by atoms with E-state index in [1.807, 2.05) is 0 Å². The lowest BCUT2D eigenvalue weighted by Gasteiger charge is -2.32. The van der Waals surface area contributed by atoms with Crippen LogP contribution in [0.3, 0.4) is 0 Å². The van der Waals surface area contributed by atoms with Gasteiger partial charge < -0.3 is 15.1 Å². The molecule has 4 rings (SSSR count). The highest BCUT2D eigenvalue weighted by Crippen LogP contribution is 2.44. The Labute approximate surface area is 142 Å². The number of halogens is 2. The van der Waals surface area contributed by atoms with E-state index >= 15 is 0 Å². The molecule has 2 N–H and O–H groups in total. The van der Waals surface area contributed by atoms with Gasteiger partial charge in [-0.2, -0.15) is 0 Å². The Morgan fingerprint density at radius 2 is 2.00 bits per heavy atom. The quantitative estimate of drug-likeness (QED) is 0.868. The summed E-state index contributed by atoms with van der Waals surface area (Å²) in [5.41, 5.74) is 1.57. The zero-order valence-corrected chi connectivity index (χ0v) is 13.6. The van der Waals surface area contributed by atoms with Crippen LogP contribution in [-0.4, -0.2) is 28.3 Å². The summed E-state index contributed by atoms with van der Waals surface area (Å²) in [7, 11) is 0. The smallest absolute Gasteiger partial charge is 0.315 e. The molecule has 23 heavy (non-hydrogen) atoms. The second-order valence-electron chi connectivity index (χ2n) is 5.91. The zero-order valence-electron chi connectivity index (χ0n) is 12.1. The van der Waals surface area contributed by atoms with Crippen molar-refractivity contribution >= 4 is 29.2 Å². The van der Waals surface area contributed by atoms with Crippen molar-refractivity contribution in [3.05, 3.63) is 34.1 Å². The zero-order chi connectivity index (χ0) is 16.0. The largest absolute Gasteiger partial charge is 0.423 e. The van der Waals surface area contributed by atoms with Gasteiger partial charge in [-0.1, -0.05) is 23.2 Å². The predicted molar refractivity (Wildman–Crippen MR) is 85.6 cm³/mol. The monoisotopic (exact) mass is 352 g/mol. The number of carbonyl (C=O) groups excluding carboxylic acids is 1. The molecule has 2 heterocycles. The van der Waals surface area contributed by atoms with Gasteiger partial charge in [0.25, 0.3) is 0 Å². The Balaban J connectivity index is 1.69. The molecule has 1 aliphatic heterocycles. The minimum atomic E-state index is -0.0996. The van der Waals surface area contributed by atoms with Gasteiger partial charge in [0.2, 0.25) is 12.3 Å². The fourth-order valence-electron chi connectivity index (χ4n) is 3.54. The van der Waals surface area contributed by atoms with E-state index in [-0.39, 0.29) is 24.0 Å². The molecule has 0 bridgehead atoms. The number of aromatic nitrogens is 2. The summed E-state index contributed by atoms with van der Waals surface area (Å²) in [5, 5.41) is 14.7. The number of carbonyl (C=O) groups is 1. The second kappa shape index (κ2) is 5.69. The van der Waals surface area contributed by atoms with E-state index in [2.05, 4.69) is 20.8 Å². The fraction of sp³-hybridized carbons (Fsp3) is 0.400. The van der Waals surface area contributed by atoms with Crippen molar-refractivity contribution in [2.24, 2.45) is 0 Å². The summed E-state index contributed by atoms with van der Waals surface area (Å²) in [6.07, 6.45) is 3.88. The predicted octanol–water partition coefficient (Wildman–Crippen LogP) is 3.36. The first kappa shape index (κ1) is 14.8. The second-order valence-corrected chi connectivity index (χ2v) is 6.69. The number of rotatable bonds is 2. The average Bonchev–Trinajstić information content (AvgIpc) is 3.15. The van der Waals surface area contributed by atoms with Crippen LogP contribution in [0.15, 0.2) is 22.9 Å². The van der Waals surface area contributed by atoms with Crippen molar-refractivity contribution in [1.29, 1.82) is 0 Å². The fourth-order valence-corrected chi connectivity index (χ4v) is 4.30. The summed E-state index contributed by atoms with van der Waals surface area (Å²) < 4.78 is 5.25. The van der Waals surface area contributed by atoms with Gasteiger partial charge in [0.05, 0.1) is 22.7 Å². The van der Waals surface area contributed by atoms with Crippen LogP contribution in [0.2, 0.25) is 10.0 Å². The molecule has 1 aromatic carbocycles. The molecule has 3 atom stereocenters. The number of hydrogen-bond acceptors (Lipinski definition) is 4. The Morgan fingerprint density at radius 3 is 2.78 bits per heavy atom. The summed E-state index contributed by atoms with van der Waals surface area (Å²) in [6.45, 7) is 0. The topological polar surface area (TPSA) is 80.1 Å². The van der Waals surface area contributed by atoms with Gasteiger partial charge in [-0.05, 0) is 42.9 Å². The molecule has 1 aromatic heterocycles. The maximum absolute atomic E-state index is 11.5. The third kappa shape index (κ3) is 2.56. The highest BCUT2D eigenvalue weighted by Gasteiger charge is 2.38. The lowest BCUT2D eigenvalue weighted by Crippen LogP contribution is -2.39. The standard InChI is InChI=1S/C15H14Cl2N4O2/c16-9-3-2-8(14-21-18-6-23-14)13(17)12(9)7-1-4-10-11(5-7)20-15(22)19-10/h2-3,6-7,10-11H,1,4-5H2,(H2,19,20,22).